The van der Waals surface area contributed by atoms with Crippen molar-refractivity contribution in [2.45, 2.75) is 32.7 Å². The topological polar surface area (TPSA) is 26.0 Å². The number of hydrogen-bond acceptors (Lipinski definition) is 1. The van der Waals surface area contributed by atoms with E-state index in [0.717, 1.165) is 12.3 Å². The summed E-state index contributed by atoms with van der Waals surface area (Å²) >= 11 is 0. The van der Waals surface area contributed by atoms with Crippen LogP contribution < -0.4 is 5.73 Å². The maximum Gasteiger partial charge on any atom is 0.0294 e. The Bertz CT molecular complexity index is 233. The van der Waals surface area contributed by atoms with E-state index in [1.807, 2.05) is 18.2 Å². The molecule has 1 aromatic carbocycles. The van der Waals surface area contributed by atoms with Crippen LogP contribution in [0.25, 0.3) is 0 Å². The molecule has 0 amide bonds. The Morgan fingerprint density at radius 1 is 1.07 bits per heavy atom. The molecule has 0 heterocycles. The molecule has 2 heteroatoms. The fourth-order valence-electron chi connectivity index (χ4n) is 1.38. The highest BCUT2D eigenvalue weighted by Gasteiger charge is 2.05. The normalized spacial score (nSPS) is 12.3. The minimum atomic E-state index is 0. The van der Waals surface area contributed by atoms with Gasteiger partial charge in [-0.2, -0.15) is 0 Å². The van der Waals surface area contributed by atoms with Crippen LogP contribution in [0.4, 0.5) is 0 Å². The van der Waals surface area contributed by atoms with Crippen molar-refractivity contribution < 1.29 is 0 Å². The molecule has 1 nitrogen and oxygen atoms in total. The van der Waals surface area contributed by atoms with Crippen LogP contribution in [-0.4, -0.2) is 0 Å². The second kappa shape index (κ2) is 6.86. The fourth-order valence-corrected chi connectivity index (χ4v) is 1.38. The maximum atomic E-state index is 6.04. The molecule has 0 aliphatic rings. The van der Waals surface area contributed by atoms with Gasteiger partial charge in [-0.1, -0.05) is 44.2 Å². The molecule has 2 N–H and O–H groups in total. The van der Waals surface area contributed by atoms with Gasteiger partial charge in [0.1, 0.15) is 0 Å². The van der Waals surface area contributed by atoms with Crippen molar-refractivity contribution in [1.29, 1.82) is 0 Å². The molecule has 1 aromatic rings. The summed E-state index contributed by atoms with van der Waals surface area (Å²) in [5.41, 5.74) is 7.30. The molecule has 1 atom stereocenters. The lowest BCUT2D eigenvalue weighted by atomic mass is 9.98. The summed E-state index contributed by atoms with van der Waals surface area (Å²) in [6.45, 7) is 4.47. The third-order valence-corrected chi connectivity index (χ3v) is 2.28. The van der Waals surface area contributed by atoms with E-state index in [-0.39, 0.29) is 18.4 Å². The van der Waals surface area contributed by atoms with E-state index >= 15 is 0 Å². The van der Waals surface area contributed by atoms with Crippen molar-refractivity contribution in [2.75, 3.05) is 0 Å². The summed E-state index contributed by atoms with van der Waals surface area (Å²) in [5, 5.41) is 0. The SMILES string of the molecule is CC(C)CC[C@H](N)c1ccccc1.Cl. The van der Waals surface area contributed by atoms with E-state index in [0.29, 0.717) is 0 Å². The largest absolute Gasteiger partial charge is 0.324 e. The fraction of sp³-hybridized carbons (Fsp3) is 0.500. The van der Waals surface area contributed by atoms with Crippen LogP contribution >= 0.6 is 12.4 Å². The van der Waals surface area contributed by atoms with Crippen LogP contribution in [-0.2, 0) is 0 Å². The number of rotatable bonds is 4. The molecule has 0 radical (unpaired) electrons. The summed E-state index contributed by atoms with van der Waals surface area (Å²) in [4.78, 5) is 0. The van der Waals surface area contributed by atoms with Crippen molar-refractivity contribution in [3.05, 3.63) is 35.9 Å². The first kappa shape index (κ1) is 13.5. The van der Waals surface area contributed by atoms with Crippen LogP contribution in [0.2, 0.25) is 0 Å². The first-order valence-electron chi connectivity index (χ1n) is 5.00. The van der Waals surface area contributed by atoms with Gasteiger partial charge in [0.25, 0.3) is 0 Å². The molecule has 0 aromatic heterocycles. The molecule has 0 saturated heterocycles. The number of hydrogen-bond donors (Lipinski definition) is 1. The van der Waals surface area contributed by atoms with E-state index in [9.17, 15) is 0 Å². The first-order valence-corrected chi connectivity index (χ1v) is 5.00. The van der Waals surface area contributed by atoms with Crippen molar-refractivity contribution in [3.8, 4) is 0 Å². The van der Waals surface area contributed by atoms with Gasteiger partial charge in [-0.15, -0.1) is 12.4 Å². The minimum absolute atomic E-state index is 0. The van der Waals surface area contributed by atoms with Gasteiger partial charge in [-0.05, 0) is 24.3 Å². The van der Waals surface area contributed by atoms with Gasteiger partial charge in [0.05, 0.1) is 0 Å². The number of benzene rings is 1. The van der Waals surface area contributed by atoms with Crippen LogP contribution in [0.5, 0.6) is 0 Å². The maximum absolute atomic E-state index is 6.04. The van der Waals surface area contributed by atoms with E-state index < -0.39 is 0 Å². The molecule has 14 heavy (non-hydrogen) atoms. The first-order chi connectivity index (χ1) is 6.20. The molecule has 0 fully saturated rings. The lowest BCUT2D eigenvalue weighted by Gasteiger charge is -2.12. The van der Waals surface area contributed by atoms with Gasteiger partial charge in [0, 0.05) is 6.04 Å². The van der Waals surface area contributed by atoms with Gasteiger partial charge in [-0.25, -0.2) is 0 Å². The summed E-state index contributed by atoms with van der Waals surface area (Å²) in [6.07, 6.45) is 2.29. The second-order valence-corrected chi connectivity index (χ2v) is 3.99. The Hall–Kier alpha value is -0.530. The van der Waals surface area contributed by atoms with Crippen LogP contribution in [0.15, 0.2) is 30.3 Å². The number of halogens is 1. The van der Waals surface area contributed by atoms with Crippen molar-refractivity contribution in [2.24, 2.45) is 11.7 Å². The smallest absolute Gasteiger partial charge is 0.0294 e. The van der Waals surface area contributed by atoms with Crippen molar-refractivity contribution >= 4 is 12.4 Å². The van der Waals surface area contributed by atoms with E-state index in [2.05, 4.69) is 26.0 Å². The van der Waals surface area contributed by atoms with Crippen LogP contribution in [0, 0.1) is 5.92 Å². The van der Waals surface area contributed by atoms with Gasteiger partial charge in [0.2, 0.25) is 0 Å². The van der Waals surface area contributed by atoms with Gasteiger partial charge < -0.3 is 5.73 Å². The molecule has 0 spiro atoms. The van der Waals surface area contributed by atoms with Gasteiger partial charge in [-0.3, -0.25) is 0 Å². The molecule has 80 valence electrons. The van der Waals surface area contributed by atoms with Crippen LogP contribution in [0.1, 0.15) is 38.3 Å². The Balaban J connectivity index is 0.00000169. The highest BCUT2D eigenvalue weighted by atomic mass is 35.5. The summed E-state index contributed by atoms with van der Waals surface area (Å²) in [6, 6.07) is 10.5. The summed E-state index contributed by atoms with van der Waals surface area (Å²) < 4.78 is 0. The second-order valence-electron chi connectivity index (χ2n) is 3.99. The average molecular weight is 214 g/mol. The van der Waals surface area contributed by atoms with Gasteiger partial charge in [0.15, 0.2) is 0 Å². The Labute approximate surface area is 93.1 Å². The zero-order valence-electron chi connectivity index (χ0n) is 8.94. The molecule has 1 rings (SSSR count). The Morgan fingerprint density at radius 3 is 2.14 bits per heavy atom. The molecule has 0 saturated carbocycles. The molecule has 0 unspecified atom stereocenters. The van der Waals surface area contributed by atoms with Crippen LogP contribution in [0.3, 0.4) is 0 Å². The average Bonchev–Trinajstić information content (AvgIpc) is 2.15. The Morgan fingerprint density at radius 2 is 1.64 bits per heavy atom. The minimum Gasteiger partial charge on any atom is -0.324 e. The third kappa shape index (κ3) is 4.64. The predicted octanol–water partition coefficient (Wildman–Crippen LogP) is 3.54. The zero-order valence-corrected chi connectivity index (χ0v) is 9.76. The van der Waals surface area contributed by atoms with E-state index in [1.54, 1.807) is 0 Å². The molecule has 0 bridgehead atoms. The highest BCUT2D eigenvalue weighted by molar-refractivity contribution is 5.85. The van der Waals surface area contributed by atoms with E-state index in [4.69, 9.17) is 5.73 Å². The lowest BCUT2D eigenvalue weighted by molar-refractivity contribution is 0.507. The molecular formula is C12H20ClN. The standard InChI is InChI=1S/C12H19N.ClH/c1-10(2)8-9-12(13)11-6-4-3-5-7-11;/h3-7,10,12H,8-9,13H2,1-2H3;1H/t12-;/m0./s1. The number of nitrogens with two attached hydrogens (primary N) is 1. The zero-order chi connectivity index (χ0) is 9.68. The van der Waals surface area contributed by atoms with Crippen molar-refractivity contribution in [1.82, 2.24) is 0 Å². The highest BCUT2D eigenvalue weighted by Crippen LogP contribution is 2.17. The van der Waals surface area contributed by atoms with E-state index in [1.165, 1.54) is 12.0 Å². The lowest BCUT2D eigenvalue weighted by Crippen LogP contribution is -2.10. The monoisotopic (exact) mass is 213 g/mol. The summed E-state index contributed by atoms with van der Waals surface area (Å²) in [7, 11) is 0. The summed E-state index contributed by atoms with van der Waals surface area (Å²) in [5.74, 6) is 0.745. The van der Waals surface area contributed by atoms with Crippen molar-refractivity contribution in [3.63, 3.8) is 0 Å². The molecule has 0 aliphatic heterocycles. The molecule has 0 aliphatic carbocycles. The Kier molecular flexibility index (Phi) is 6.60. The van der Waals surface area contributed by atoms with Gasteiger partial charge >= 0.3 is 0 Å². The predicted molar refractivity (Wildman–Crippen MR) is 64.7 cm³/mol. The molecular weight excluding hydrogens is 194 g/mol. The quantitative estimate of drug-likeness (QED) is 0.814. The third-order valence-electron chi connectivity index (χ3n) is 2.28.